The zero-order valence-electron chi connectivity index (χ0n) is 9.01. The van der Waals surface area contributed by atoms with Crippen LogP contribution in [0, 0.1) is 5.92 Å². The van der Waals surface area contributed by atoms with Crippen molar-refractivity contribution in [3.63, 3.8) is 0 Å². The molecule has 4 heteroatoms. The van der Waals surface area contributed by atoms with Gasteiger partial charge in [-0.25, -0.2) is 0 Å². The molecule has 0 unspecified atom stereocenters. The highest BCUT2D eigenvalue weighted by molar-refractivity contribution is 5.33. The predicted octanol–water partition coefficient (Wildman–Crippen LogP) is 3.38. The van der Waals surface area contributed by atoms with E-state index in [0.29, 0.717) is 11.5 Å². The van der Waals surface area contributed by atoms with Gasteiger partial charge in [0, 0.05) is 6.04 Å². The molecule has 1 fully saturated rings. The number of hydrogen-bond donors (Lipinski definition) is 1. The van der Waals surface area contributed by atoms with Crippen LogP contribution in [0.15, 0.2) is 24.3 Å². The molecule has 0 saturated carbocycles. The summed E-state index contributed by atoms with van der Waals surface area (Å²) in [6.45, 7) is 2.83. The third-order valence-electron chi connectivity index (χ3n) is 2.99. The molecule has 1 aliphatic rings. The van der Waals surface area contributed by atoms with Crippen molar-refractivity contribution in [2.45, 2.75) is 25.6 Å². The maximum Gasteiger partial charge on any atom is 0.416 e. The Morgan fingerprint density at radius 2 is 1.94 bits per heavy atom. The van der Waals surface area contributed by atoms with E-state index >= 15 is 0 Å². The summed E-state index contributed by atoms with van der Waals surface area (Å²) in [5.74, 6) is 0.436. The third-order valence-corrected chi connectivity index (χ3v) is 2.99. The fourth-order valence-electron chi connectivity index (χ4n) is 2.21. The van der Waals surface area contributed by atoms with Crippen LogP contribution in [-0.4, -0.2) is 6.54 Å². The van der Waals surface area contributed by atoms with Crippen molar-refractivity contribution >= 4 is 0 Å². The number of hydrogen-bond acceptors (Lipinski definition) is 1. The van der Waals surface area contributed by atoms with Crippen molar-refractivity contribution in [1.82, 2.24) is 5.32 Å². The van der Waals surface area contributed by atoms with Gasteiger partial charge in [0.25, 0.3) is 0 Å². The zero-order chi connectivity index (χ0) is 11.8. The van der Waals surface area contributed by atoms with Gasteiger partial charge in [-0.05, 0) is 30.5 Å². The Hall–Kier alpha value is -1.03. The van der Waals surface area contributed by atoms with Crippen LogP contribution < -0.4 is 5.32 Å². The van der Waals surface area contributed by atoms with E-state index in [1.165, 1.54) is 6.07 Å². The Morgan fingerprint density at radius 1 is 1.25 bits per heavy atom. The molecule has 0 aromatic heterocycles. The first-order chi connectivity index (χ1) is 7.48. The van der Waals surface area contributed by atoms with Crippen molar-refractivity contribution in [3.05, 3.63) is 35.4 Å². The highest BCUT2D eigenvalue weighted by atomic mass is 19.4. The number of benzene rings is 1. The van der Waals surface area contributed by atoms with Crippen molar-refractivity contribution < 1.29 is 13.2 Å². The van der Waals surface area contributed by atoms with E-state index in [0.717, 1.165) is 19.0 Å². The van der Waals surface area contributed by atoms with E-state index < -0.39 is 11.7 Å². The largest absolute Gasteiger partial charge is 0.416 e. The van der Waals surface area contributed by atoms with Crippen LogP contribution in [0.25, 0.3) is 0 Å². The Bertz CT molecular complexity index is 373. The molecule has 16 heavy (non-hydrogen) atoms. The fraction of sp³-hybridized carbons (Fsp3) is 0.500. The standard InChI is InChI=1S/C12H14F3N/c1-8-6-11(16-7-8)9-4-2-3-5-10(9)12(13,14)15/h2-5,8,11,16H,6-7H2,1H3/t8-,11-/m1/s1. The molecule has 0 amide bonds. The lowest BCUT2D eigenvalue weighted by Gasteiger charge is -2.17. The molecule has 1 nitrogen and oxygen atoms in total. The van der Waals surface area contributed by atoms with Crippen molar-refractivity contribution in [1.29, 1.82) is 0 Å². The van der Waals surface area contributed by atoms with Crippen LogP contribution in [0.4, 0.5) is 13.2 Å². The molecule has 0 spiro atoms. The average Bonchev–Trinajstić information content (AvgIpc) is 2.64. The number of rotatable bonds is 1. The summed E-state index contributed by atoms with van der Waals surface area (Å²) in [6.07, 6.45) is -3.49. The molecule has 2 atom stereocenters. The fourth-order valence-corrected chi connectivity index (χ4v) is 2.21. The maximum absolute atomic E-state index is 12.8. The van der Waals surface area contributed by atoms with E-state index in [1.807, 2.05) is 6.92 Å². The van der Waals surface area contributed by atoms with Crippen molar-refractivity contribution in [2.75, 3.05) is 6.54 Å². The van der Waals surface area contributed by atoms with Crippen molar-refractivity contribution in [3.8, 4) is 0 Å². The molecule has 0 aliphatic carbocycles. The summed E-state index contributed by atoms with van der Waals surface area (Å²) < 4.78 is 38.3. The van der Waals surface area contributed by atoms with Crippen LogP contribution in [0.3, 0.4) is 0 Å². The molecular formula is C12H14F3N. The zero-order valence-corrected chi connectivity index (χ0v) is 9.01. The molecule has 1 aromatic carbocycles. The monoisotopic (exact) mass is 229 g/mol. The first kappa shape index (κ1) is 11.5. The first-order valence-corrected chi connectivity index (χ1v) is 5.38. The lowest BCUT2D eigenvalue weighted by Crippen LogP contribution is -2.18. The molecule has 2 rings (SSSR count). The van der Waals surface area contributed by atoms with Gasteiger partial charge in [0.2, 0.25) is 0 Å². The first-order valence-electron chi connectivity index (χ1n) is 5.38. The molecule has 1 saturated heterocycles. The van der Waals surface area contributed by atoms with Crippen LogP contribution in [0.2, 0.25) is 0 Å². The van der Waals surface area contributed by atoms with Gasteiger partial charge in [0.05, 0.1) is 5.56 Å². The summed E-state index contributed by atoms with van der Waals surface area (Å²) >= 11 is 0. The van der Waals surface area contributed by atoms with Crippen molar-refractivity contribution in [2.24, 2.45) is 5.92 Å². The van der Waals surface area contributed by atoms with E-state index in [1.54, 1.807) is 12.1 Å². The summed E-state index contributed by atoms with van der Waals surface area (Å²) in [5, 5.41) is 3.14. The van der Waals surface area contributed by atoms with E-state index in [2.05, 4.69) is 5.32 Å². The van der Waals surface area contributed by atoms with Gasteiger partial charge < -0.3 is 5.32 Å². The quantitative estimate of drug-likeness (QED) is 0.778. The van der Waals surface area contributed by atoms with Gasteiger partial charge >= 0.3 is 6.18 Å². The minimum atomic E-state index is -4.26. The Balaban J connectivity index is 2.34. The van der Waals surface area contributed by atoms with Crippen LogP contribution in [-0.2, 0) is 6.18 Å². The third kappa shape index (κ3) is 2.21. The Labute approximate surface area is 92.7 Å². The molecule has 1 aliphatic heterocycles. The Morgan fingerprint density at radius 3 is 2.50 bits per heavy atom. The smallest absolute Gasteiger partial charge is 0.310 e. The van der Waals surface area contributed by atoms with Crippen LogP contribution in [0.1, 0.15) is 30.5 Å². The van der Waals surface area contributed by atoms with E-state index in [-0.39, 0.29) is 6.04 Å². The second-order valence-corrected chi connectivity index (χ2v) is 4.39. The maximum atomic E-state index is 12.8. The highest BCUT2D eigenvalue weighted by Crippen LogP contribution is 2.37. The van der Waals surface area contributed by atoms with Gasteiger partial charge in [-0.1, -0.05) is 25.1 Å². The normalized spacial score (nSPS) is 26.0. The summed E-state index contributed by atoms with van der Waals surface area (Å²) in [6, 6.07) is 5.66. The predicted molar refractivity (Wildman–Crippen MR) is 56.0 cm³/mol. The molecule has 1 aromatic rings. The lowest BCUT2D eigenvalue weighted by molar-refractivity contribution is -0.138. The summed E-state index contributed by atoms with van der Waals surface area (Å²) in [4.78, 5) is 0. The van der Waals surface area contributed by atoms with Gasteiger partial charge in [-0.2, -0.15) is 13.2 Å². The van der Waals surface area contributed by atoms with E-state index in [9.17, 15) is 13.2 Å². The van der Waals surface area contributed by atoms with Crippen LogP contribution >= 0.6 is 0 Å². The molecule has 0 bridgehead atoms. The summed E-state index contributed by atoms with van der Waals surface area (Å²) in [7, 11) is 0. The van der Waals surface area contributed by atoms with Gasteiger partial charge in [-0.15, -0.1) is 0 Å². The number of alkyl halides is 3. The molecule has 88 valence electrons. The average molecular weight is 229 g/mol. The minimum Gasteiger partial charge on any atom is -0.310 e. The topological polar surface area (TPSA) is 12.0 Å². The lowest BCUT2D eigenvalue weighted by atomic mass is 9.96. The highest BCUT2D eigenvalue weighted by Gasteiger charge is 2.36. The molecule has 1 heterocycles. The Kier molecular flexibility index (Phi) is 2.93. The second kappa shape index (κ2) is 4.09. The minimum absolute atomic E-state index is 0.159. The van der Waals surface area contributed by atoms with Gasteiger partial charge in [0.15, 0.2) is 0 Å². The van der Waals surface area contributed by atoms with Crippen LogP contribution in [0.5, 0.6) is 0 Å². The SMILES string of the molecule is C[C@H]1CN[C@@H](c2ccccc2C(F)(F)F)C1. The second-order valence-electron chi connectivity index (χ2n) is 4.39. The number of nitrogens with one attached hydrogen (secondary N) is 1. The molecule has 1 N–H and O–H groups in total. The molecule has 0 radical (unpaired) electrons. The number of halogens is 3. The van der Waals surface area contributed by atoms with E-state index in [4.69, 9.17) is 0 Å². The van der Waals surface area contributed by atoms with Gasteiger partial charge in [0.1, 0.15) is 0 Å². The molecular weight excluding hydrogens is 215 g/mol. The summed E-state index contributed by atoms with van der Waals surface area (Å²) in [5.41, 5.74) is -0.138. The van der Waals surface area contributed by atoms with Gasteiger partial charge in [-0.3, -0.25) is 0 Å².